The number of H-pyrrole nitrogens is 1. The lowest BCUT2D eigenvalue weighted by molar-refractivity contribution is 0.414. The van der Waals surface area contributed by atoms with Crippen molar-refractivity contribution in [1.29, 1.82) is 0 Å². The summed E-state index contributed by atoms with van der Waals surface area (Å²) in [5.41, 5.74) is 1.08. The molecule has 0 amide bonds. The maximum Gasteiger partial charge on any atom is 0.328 e. The fraction of sp³-hybridized carbons (Fsp3) is 0.333. The number of rotatable bonds is 5. The van der Waals surface area contributed by atoms with E-state index in [0.29, 0.717) is 18.5 Å². The first kappa shape index (κ1) is 14.1. The summed E-state index contributed by atoms with van der Waals surface area (Å²) >= 11 is 0. The van der Waals surface area contributed by atoms with Crippen molar-refractivity contribution in [2.75, 3.05) is 7.11 Å². The van der Waals surface area contributed by atoms with Gasteiger partial charge in [0.25, 0.3) is 5.56 Å². The Morgan fingerprint density at radius 1 is 1.20 bits per heavy atom. The number of aromatic nitrogens is 2. The van der Waals surface area contributed by atoms with Crippen LogP contribution in [0.2, 0.25) is 0 Å². The van der Waals surface area contributed by atoms with Gasteiger partial charge in [-0.15, -0.1) is 0 Å². The third kappa shape index (κ3) is 3.17. The van der Waals surface area contributed by atoms with Crippen LogP contribution < -0.4 is 16.0 Å². The zero-order chi connectivity index (χ0) is 14.5. The van der Waals surface area contributed by atoms with Gasteiger partial charge in [-0.2, -0.15) is 0 Å². The highest BCUT2D eigenvalue weighted by molar-refractivity contribution is 5.27. The molecule has 0 aliphatic rings. The molecule has 20 heavy (non-hydrogen) atoms. The van der Waals surface area contributed by atoms with Gasteiger partial charge in [0.05, 0.1) is 7.11 Å². The van der Waals surface area contributed by atoms with Crippen LogP contribution in [-0.4, -0.2) is 16.7 Å². The summed E-state index contributed by atoms with van der Waals surface area (Å²) in [6, 6.07) is 7.72. The van der Waals surface area contributed by atoms with Crippen LogP contribution in [0, 0.1) is 0 Å². The second-order valence-electron chi connectivity index (χ2n) is 4.56. The predicted molar refractivity (Wildman–Crippen MR) is 77.4 cm³/mol. The van der Waals surface area contributed by atoms with E-state index in [4.69, 9.17) is 4.74 Å². The number of methoxy groups -OCH3 is 1. The molecular weight excluding hydrogens is 256 g/mol. The Balaban J connectivity index is 2.14. The van der Waals surface area contributed by atoms with E-state index in [1.54, 1.807) is 17.9 Å². The van der Waals surface area contributed by atoms with Crippen LogP contribution in [0.4, 0.5) is 0 Å². The molecule has 0 spiro atoms. The Morgan fingerprint density at radius 3 is 2.50 bits per heavy atom. The monoisotopic (exact) mass is 274 g/mol. The largest absolute Gasteiger partial charge is 0.497 e. The van der Waals surface area contributed by atoms with E-state index in [2.05, 4.69) is 4.98 Å². The highest BCUT2D eigenvalue weighted by Crippen LogP contribution is 2.11. The molecule has 5 nitrogen and oxygen atoms in total. The minimum Gasteiger partial charge on any atom is -0.497 e. The third-order valence-corrected chi connectivity index (χ3v) is 3.27. The minimum atomic E-state index is -0.360. The molecule has 1 N–H and O–H groups in total. The summed E-state index contributed by atoms with van der Waals surface area (Å²) in [4.78, 5) is 25.5. The Bertz CT molecular complexity index is 684. The van der Waals surface area contributed by atoms with Gasteiger partial charge in [-0.1, -0.05) is 19.1 Å². The summed E-state index contributed by atoms with van der Waals surface area (Å²) in [7, 11) is 1.63. The molecule has 0 atom stereocenters. The number of aromatic amines is 1. The first-order valence-electron chi connectivity index (χ1n) is 6.59. The van der Waals surface area contributed by atoms with Crippen molar-refractivity contribution >= 4 is 0 Å². The molecule has 0 saturated heterocycles. The minimum absolute atomic E-state index is 0.293. The third-order valence-electron chi connectivity index (χ3n) is 3.27. The van der Waals surface area contributed by atoms with Crippen molar-refractivity contribution in [3.05, 3.63) is 62.4 Å². The van der Waals surface area contributed by atoms with Gasteiger partial charge in [0.2, 0.25) is 0 Å². The number of benzene rings is 1. The van der Waals surface area contributed by atoms with Crippen LogP contribution in [0.15, 0.2) is 40.1 Å². The van der Waals surface area contributed by atoms with Crippen LogP contribution in [0.25, 0.3) is 0 Å². The summed E-state index contributed by atoms with van der Waals surface area (Å²) < 4.78 is 6.65. The van der Waals surface area contributed by atoms with Gasteiger partial charge in [-0.25, -0.2) is 4.79 Å². The van der Waals surface area contributed by atoms with E-state index < -0.39 is 0 Å². The van der Waals surface area contributed by atoms with Gasteiger partial charge in [0, 0.05) is 18.3 Å². The molecule has 2 rings (SSSR count). The fourth-order valence-electron chi connectivity index (χ4n) is 2.01. The van der Waals surface area contributed by atoms with E-state index in [9.17, 15) is 9.59 Å². The first-order chi connectivity index (χ1) is 9.63. The second kappa shape index (κ2) is 6.23. The maximum atomic E-state index is 11.7. The van der Waals surface area contributed by atoms with Gasteiger partial charge in [-0.05, 0) is 30.5 Å². The van der Waals surface area contributed by atoms with E-state index in [-0.39, 0.29) is 11.2 Å². The Hall–Kier alpha value is -2.30. The topological polar surface area (TPSA) is 64.1 Å². The van der Waals surface area contributed by atoms with Gasteiger partial charge < -0.3 is 4.74 Å². The molecule has 0 radical (unpaired) electrons. The summed E-state index contributed by atoms with van der Waals surface area (Å²) in [6.07, 6.45) is 2.97. The average Bonchev–Trinajstić information content (AvgIpc) is 2.47. The van der Waals surface area contributed by atoms with Crippen molar-refractivity contribution < 1.29 is 4.74 Å². The zero-order valence-corrected chi connectivity index (χ0v) is 11.7. The quantitative estimate of drug-likeness (QED) is 0.895. The highest BCUT2D eigenvalue weighted by atomic mass is 16.5. The number of nitrogens with one attached hydrogen (secondary N) is 1. The Labute approximate surface area is 116 Å². The van der Waals surface area contributed by atoms with Crippen molar-refractivity contribution in [1.82, 2.24) is 9.55 Å². The van der Waals surface area contributed by atoms with Gasteiger partial charge >= 0.3 is 5.69 Å². The van der Waals surface area contributed by atoms with Gasteiger partial charge in [0.15, 0.2) is 0 Å². The number of aryl methyl sites for hydroxylation is 3. The standard InChI is InChI=1S/C15H18N2O3/c1-3-12-10-17(15(19)16-14(12)18)9-8-11-4-6-13(20-2)7-5-11/h4-7,10H,3,8-9H2,1-2H3,(H,16,18,19). The van der Waals surface area contributed by atoms with E-state index >= 15 is 0 Å². The lowest BCUT2D eigenvalue weighted by atomic mass is 10.1. The molecule has 0 unspecified atom stereocenters. The molecule has 0 aliphatic carbocycles. The molecule has 1 aromatic heterocycles. The molecule has 0 fully saturated rings. The molecule has 1 aromatic carbocycles. The van der Waals surface area contributed by atoms with Gasteiger partial charge in [-0.3, -0.25) is 14.3 Å². The summed E-state index contributed by atoms with van der Waals surface area (Å²) in [6.45, 7) is 2.43. The smallest absolute Gasteiger partial charge is 0.328 e. The molecule has 2 aromatic rings. The predicted octanol–water partition coefficient (Wildman–Crippen LogP) is 1.35. The van der Waals surface area contributed by atoms with Crippen LogP contribution >= 0.6 is 0 Å². The van der Waals surface area contributed by atoms with Crippen LogP contribution in [0.1, 0.15) is 18.1 Å². The van der Waals surface area contributed by atoms with Crippen LogP contribution in [0.5, 0.6) is 5.75 Å². The Kier molecular flexibility index (Phi) is 4.40. The summed E-state index contributed by atoms with van der Waals surface area (Å²) in [5, 5.41) is 0. The van der Waals surface area contributed by atoms with Crippen molar-refractivity contribution in [3.8, 4) is 5.75 Å². The molecule has 106 valence electrons. The second-order valence-corrected chi connectivity index (χ2v) is 4.56. The molecule has 0 aliphatic heterocycles. The Morgan fingerprint density at radius 2 is 1.90 bits per heavy atom. The molecule has 0 saturated carbocycles. The number of hydrogen-bond donors (Lipinski definition) is 1. The highest BCUT2D eigenvalue weighted by Gasteiger charge is 2.03. The lowest BCUT2D eigenvalue weighted by Gasteiger charge is -2.07. The zero-order valence-electron chi connectivity index (χ0n) is 11.7. The van der Waals surface area contributed by atoms with E-state index in [1.807, 2.05) is 31.2 Å². The number of hydrogen-bond acceptors (Lipinski definition) is 3. The summed E-state index contributed by atoms with van der Waals surface area (Å²) in [5.74, 6) is 0.809. The molecule has 5 heteroatoms. The first-order valence-corrected chi connectivity index (χ1v) is 6.59. The average molecular weight is 274 g/mol. The fourth-order valence-corrected chi connectivity index (χ4v) is 2.01. The normalized spacial score (nSPS) is 10.5. The van der Waals surface area contributed by atoms with E-state index in [1.165, 1.54) is 0 Å². The van der Waals surface area contributed by atoms with Crippen molar-refractivity contribution in [3.63, 3.8) is 0 Å². The lowest BCUT2D eigenvalue weighted by Crippen LogP contribution is -2.32. The van der Waals surface area contributed by atoms with Crippen LogP contribution in [0.3, 0.4) is 0 Å². The van der Waals surface area contributed by atoms with Crippen molar-refractivity contribution in [2.24, 2.45) is 0 Å². The number of ether oxygens (including phenoxy) is 1. The van der Waals surface area contributed by atoms with Crippen LogP contribution in [-0.2, 0) is 19.4 Å². The molecular formula is C15H18N2O3. The van der Waals surface area contributed by atoms with Crippen molar-refractivity contribution in [2.45, 2.75) is 26.3 Å². The van der Waals surface area contributed by atoms with E-state index in [0.717, 1.165) is 17.7 Å². The molecule has 0 bridgehead atoms. The number of nitrogens with zero attached hydrogens (tertiary/aromatic N) is 1. The SMILES string of the molecule is CCc1cn(CCc2ccc(OC)cc2)c(=O)[nH]c1=O. The molecule has 1 heterocycles. The maximum absolute atomic E-state index is 11.7. The van der Waals surface area contributed by atoms with Gasteiger partial charge in [0.1, 0.15) is 5.75 Å².